The second-order valence-corrected chi connectivity index (χ2v) is 4.26. The molecule has 20 heavy (non-hydrogen) atoms. The summed E-state index contributed by atoms with van der Waals surface area (Å²) < 4.78 is 18.4. The van der Waals surface area contributed by atoms with E-state index in [1.165, 1.54) is 24.4 Å². The molecule has 1 heterocycles. The predicted octanol–water partition coefficient (Wildman–Crippen LogP) is 3.45. The van der Waals surface area contributed by atoms with E-state index in [1.54, 1.807) is 6.07 Å². The predicted molar refractivity (Wildman–Crippen MR) is 71.2 cm³/mol. The summed E-state index contributed by atoms with van der Waals surface area (Å²) in [6.45, 7) is -0.0165. The van der Waals surface area contributed by atoms with E-state index in [9.17, 15) is 14.5 Å². The van der Waals surface area contributed by atoms with E-state index in [-0.39, 0.29) is 23.9 Å². The third-order valence-corrected chi connectivity index (χ3v) is 2.84. The number of benzene rings is 1. The van der Waals surface area contributed by atoms with Crippen LogP contribution in [0.1, 0.15) is 11.1 Å². The Hall–Kier alpha value is -2.21. The van der Waals surface area contributed by atoms with Gasteiger partial charge in [0.25, 0.3) is 0 Å². The SMILES string of the molecule is O=[N+]([O-])c1ccc(CCl)cc1OCc1cncc(F)c1. The average Bonchev–Trinajstić information content (AvgIpc) is 2.44. The van der Waals surface area contributed by atoms with E-state index >= 15 is 0 Å². The fourth-order valence-corrected chi connectivity index (χ4v) is 1.77. The van der Waals surface area contributed by atoms with Gasteiger partial charge in [-0.2, -0.15) is 0 Å². The lowest BCUT2D eigenvalue weighted by Crippen LogP contribution is -2.00. The molecule has 2 aromatic rings. The van der Waals surface area contributed by atoms with Gasteiger partial charge in [-0.25, -0.2) is 4.39 Å². The first kappa shape index (κ1) is 14.2. The molecule has 0 atom stereocenters. The van der Waals surface area contributed by atoms with Gasteiger partial charge < -0.3 is 4.74 Å². The first-order valence-electron chi connectivity index (χ1n) is 5.65. The number of hydrogen-bond donors (Lipinski definition) is 0. The fourth-order valence-electron chi connectivity index (χ4n) is 1.60. The molecule has 0 amide bonds. The quantitative estimate of drug-likeness (QED) is 0.481. The van der Waals surface area contributed by atoms with Crippen LogP contribution < -0.4 is 4.74 Å². The Morgan fingerprint density at radius 3 is 2.75 bits per heavy atom. The number of nitrogens with zero attached hydrogens (tertiary/aromatic N) is 2. The van der Waals surface area contributed by atoms with Gasteiger partial charge in [-0.05, 0) is 17.7 Å². The number of rotatable bonds is 5. The molecule has 7 heteroatoms. The molecule has 0 saturated heterocycles. The molecule has 0 fully saturated rings. The summed E-state index contributed by atoms with van der Waals surface area (Å²) in [5.41, 5.74) is 1.02. The van der Waals surface area contributed by atoms with Crippen LogP contribution in [0.2, 0.25) is 0 Å². The molecule has 0 aliphatic rings. The van der Waals surface area contributed by atoms with Gasteiger partial charge in [-0.15, -0.1) is 11.6 Å². The highest BCUT2D eigenvalue weighted by molar-refractivity contribution is 6.17. The van der Waals surface area contributed by atoms with Crippen LogP contribution in [0.4, 0.5) is 10.1 Å². The number of hydrogen-bond acceptors (Lipinski definition) is 4. The van der Waals surface area contributed by atoms with Crippen molar-refractivity contribution in [3.05, 3.63) is 63.7 Å². The highest BCUT2D eigenvalue weighted by Gasteiger charge is 2.15. The zero-order valence-electron chi connectivity index (χ0n) is 10.3. The molecule has 104 valence electrons. The van der Waals surface area contributed by atoms with Crippen molar-refractivity contribution in [2.75, 3.05) is 0 Å². The lowest BCUT2D eigenvalue weighted by Gasteiger charge is -2.08. The summed E-state index contributed by atoms with van der Waals surface area (Å²) in [5, 5.41) is 10.9. The van der Waals surface area contributed by atoms with E-state index in [4.69, 9.17) is 16.3 Å². The largest absolute Gasteiger partial charge is 0.482 e. The molecular formula is C13H10ClFN2O3. The fraction of sp³-hybridized carbons (Fsp3) is 0.154. The van der Waals surface area contributed by atoms with Crippen molar-refractivity contribution in [2.45, 2.75) is 12.5 Å². The molecule has 0 radical (unpaired) electrons. The van der Waals surface area contributed by atoms with Gasteiger partial charge >= 0.3 is 5.69 Å². The number of halogens is 2. The summed E-state index contributed by atoms with van der Waals surface area (Å²) in [6.07, 6.45) is 2.50. The number of alkyl halides is 1. The smallest absolute Gasteiger partial charge is 0.310 e. The Morgan fingerprint density at radius 1 is 1.30 bits per heavy atom. The Labute approximate surface area is 119 Å². The summed E-state index contributed by atoms with van der Waals surface area (Å²) >= 11 is 5.68. The Bertz CT molecular complexity index is 637. The zero-order valence-corrected chi connectivity index (χ0v) is 11.0. The van der Waals surface area contributed by atoms with Crippen LogP contribution in [0.5, 0.6) is 5.75 Å². The van der Waals surface area contributed by atoms with Gasteiger partial charge in [0.15, 0.2) is 5.75 Å². The van der Waals surface area contributed by atoms with Crippen LogP contribution in [0.3, 0.4) is 0 Å². The molecule has 0 aliphatic heterocycles. The summed E-state index contributed by atoms with van der Waals surface area (Å²) in [5.74, 6) is -0.178. The van der Waals surface area contributed by atoms with Crippen LogP contribution in [0.25, 0.3) is 0 Å². The maximum Gasteiger partial charge on any atom is 0.310 e. The summed E-state index contributed by atoms with van der Waals surface area (Å²) in [7, 11) is 0. The van der Waals surface area contributed by atoms with E-state index in [2.05, 4.69) is 4.98 Å². The van der Waals surface area contributed by atoms with Crippen molar-refractivity contribution in [3.63, 3.8) is 0 Å². The number of nitro groups is 1. The van der Waals surface area contributed by atoms with Crippen LogP contribution in [0, 0.1) is 15.9 Å². The van der Waals surface area contributed by atoms with Crippen LogP contribution in [-0.2, 0) is 12.5 Å². The van der Waals surface area contributed by atoms with E-state index in [0.717, 1.165) is 6.20 Å². The first-order valence-corrected chi connectivity index (χ1v) is 6.19. The summed E-state index contributed by atoms with van der Waals surface area (Å²) in [4.78, 5) is 14.0. The van der Waals surface area contributed by atoms with Crippen molar-refractivity contribution in [1.29, 1.82) is 0 Å². The molecule has 0 saturated carbocycles. The molecule has 1 aromatic heterocycles. The number of nitro benzene ring substituents is 1. The topological polar surface area (TPSA) is 65.3 Å². The minimum absolute atomic E-state index is 0.0165. The minimum Gasteiger partial charge on any atom is -0.482 e. The maximum absolute atomic E-state index is 13.0. The van der Waals surface area contributed by atoms with Crippen LogP contribution in [0.15, 0.2) is 36.7 Å². The van der Waals surface area contributed by atoms with Crippen molar-refractivity contribution in [3.8, 4) is 5.75 Å². The minimum atomic E-state index is -0.544. The summed E-state index contributed by atoms with van der Waals surface area (Å²) in [6, 6.07) is 5.64. The van der Waals surface area contributed by atoms with Crippen molar-refractivity contribution < 1.29 is 14.1 Å². The zero-order chi connectivity index (χ0) is 14.5. The Kier molecular flexibility index (Phi) is 4.47. The number of aromatic nitrogens is 1. The molecule has 0 spiro atoms. The molecule has 5 nitrogen and oxygen atoms in total. The number of pyridine rings is 1. The van der Waals surface area contributed by atoms with Gasteiger partial charge in [0.1, 0.15) is 12.4 Å². The monoisotopic (exact) mass is 296 g/mol. The van der Waals surface area contributed by atoms with Crippen LogP contribution in [-0.4, -0.2) is 9.91 Å². The Morgan fingerprint density at radius 2 is 2.10 bits per heavy atom. The van der Waals surface area contributed by atoms with Gasteiger partial charge in [-0.1, -0.05) is 6.07 Å². The second kappa shape index (κ2) is 6.29. The van der Waals surface area contributed by atoms with Gasteiger partial charge in [0.05, 0.1) is 11.1 Å². The van der Waals surface area contributed by atoms with Crippen molar-refractivity contribution in [2.24, 2.45) is 0 Å². The normalized spacial score (nSPS) is 10.3. The van der Waals surface area contributed by atoms with Crippen molar-refractivity contribution in [1.82, 2.24) is 4.98 Å². The Balaban J connectivity index is 2.21. The van der Waals surface area contributed by atoms with Crippen LogP contribution >= 0.6 is 11.6 Å². The molecule has 0 bridgehead atoms. The lowest BCUT2D eigenvalue weighted by atomic mass is 10.2. The maximum atomic E-state index is 13.0. The third kappa shape index (κ3) is 3.42. The lowest BCUT2D eigenvalue weighted by molar-refractivity contribution is -0.386. The van der Waals surface area contributed by atoms with E-state index < -0.39 is 10.7 Å². The number of ether oxygens (including phenoxy) is 1. The third-order valence-electron chi connectivity index (χ3n) is 2.53. The molecule has 0 unspecified atom stereocenters. The van der Waals surface area contributed by atoms with Gasteiger partial charge in [0, 0.05) is 23.7 Å². The highest BCUT2D eigenvalue weighted by atomic mass is 35.5. The molecule has 0 N–H and O–H groups in total. The molecule has 2 rings (SSSR count). The van der Waals surface area contributed by atoms with E-state index in [0.29, 0.717) is 11.1 Å². The first-order chi connectivity index (χ1) is 9.60. The second-order valence-electron chi connectivity index (χ2n) is 3.99. The van der Waals surface area contributed by atoms with Gasteiger partial charge in [0.2, 0.25) is 0 Å². The molecule has 1 aromatic carbocycles. The van der Waals surface area contributed by atoms with E-state index in [1.807, 2.05) is 0 Å². The highest BCUT2D eigenvalue weighted by Crippen LogP contribution is 2.29. The molecular weight excluding hydrogens is 287 g/mol. The molecule has 0 aliphatic carbocycles. The van der Waals surface area contributed by atoms with Gasteiger partial charge in [-0.3, -0.25) is 15.1 Å². The standard InChI is InChI=1S/C13H10ClFN2O3/c14-5-9-1-2-12(17(18)19)13(4-9)20-8-10-3-11(15)7-16-6-10/h1-4,6-7H,5,8H2. The average molecular weight is 297 g/mol. The van der Waals surface area contributed by atoms with Crippen molar-refractivity contribution >= 4 is 17.3 Å².